The van der Waals surface area contributed by atoms with Crippen molar-refractivity contribution in [3.63, 3.8) is 0 Å². The molecular formula is C19H30N4O4S. The highest BCUT2D eigenvalue weighted by atomic mass is 32.2. The number of carbonyl (C=O) groups is 1. The third-order valence-electron chi connectivity index (χ3n) is 5.35. The molecule has 0 radical (unpaired) electrons. The van der Waals surface area contributed by atoms with Crippen molar-refractivity contribution in [2.75, 3.05) is 27.2 Å². The molecule has 1 aromatic rings. The molecule has 3 unspecified atom stereocenters. The van der Waals surface area contributed by atoms with Gasteiger partial charge in [0.15, 0.2) is 0 Å². The van der Waals surface area contributed by atoms with Gasteiger partial charge in [-0.2, -0.15) is 0 Å². The molecule has 4 N–H and O–H groups in total. The number of hydrogen-bond acceptors (Lipinski definition) is 6. The monoisotopic (exact) mass is 410 g/mol. The van der Waals surface area contributed by atoms with Gasteiger partial charge < -0.3 is 20.3 Å². The number of nitrogens with two attached hydrogens (primary N) is 1. The number of nitrogens with zero attached hydrogens (tertiary/aromatic N) is 1. The number of carbonyl (C=O) groups excluding carboxylic acids is 1. The fourth-order valence-electron chi connectivity index (χ4n) is 4.03. The second kappa shape index (κ2) is 8.36. The molecule has 1 aromatic carbocycles. The highest BCUT2D eigenvalue weighted by Crippen LogP contribution is 2.35. The average Bonchev–Trinajstić information content (AvgIpc) is 3.26. The van der Waals surface area contributed by atoms with Crippen molar-refractivity contribution in [3.05, 3.63) is 23.3 Å². The number of sulfonamides is 1. The van der Waals surface area contributed by atoms with Gasteiger partial charge in [-0.1, -0.05) is 6.92 Å². The quantitative estimate of drug-likeness (QED) is 0.602. The predicted molar refractivity (Wildman–Crippen MR) is 107 cm³/mol. The SMILES string of the molecule is CCC(NC(=O)c1cc(S(N)(=O)=O)cc2c1OC(CN(C)C)C2)C1CCCN1. The maximum absolute atomic E-state index is 13.1. The molecule has 9 heteroatoms. The van der Waals surface area contributed by atoms with Gasteiger partial charge in [0.25, 0.3) is 5.91 Å². The van der Waals surface area contributed by atoms with Crippen LogP contribution in [0, 0.1) is 0 Å². The summed E-state index contributed by atoms with van der Waals surface area (Å²) in [7, 11) is -0.0476. The van der Waals surface area contributed by atoms with Crippen LogP contribution in [-0.4, -0.2) is 64.6 Å². The van der Waals surface area contributed by atoms with Crippen LogP contribution in [0.4, 0.5) is 0 Å². The Labute approximate surface area is 166 Å². The summed E-state index contributed by atoms with van der Waals surface area (Å²) in [4.78, 5) is 15.0. The Kier molecular flexibility index (Phi) is 6.28. The number of primary sulfonamides is 1. The Hall–Kier alpha value is -1.68. The fraction of sp³-hybridized carbons (Fsp3) is 0.632. The van der Waals surface area contributed by atoms with E-state index in [1.54, 1.807) is 0 Å². The maximum atomic E-state index is 13.1. The molecule has 156 valence electrons. The van der Waals surface area contributed by atoms with E-state index in [1.165, 1.54) is 12.1 Å². The summed E-state index contributed by atoms with van der Waals surface area (Å²) >= 11 is 0. The fourth-order valence-corrected chi connectivity index (χ4v) is 4.62. The number of hydrogen-bond donors (Lipinski definition) is 3. The minimum absolute atomic E-state index is 0.0252. The molecule has 28 heavy (non-hydrogen) atoms. The van der Waals surface area contributed by atoms with Gasteiger partial charge in [-0.05, 0) is 52.0 Å². The highest BCUT2D eigenvalue weighted by molar-refractivity contribution is 7.89. The zero-order chi connectivity index (χ0) is 20.5. The van der Waals surface area contributed by atoms with Gasteiger partial charge in [-0.15, -0.1) is 0 Å². The summed E-state index contributed by atoms with van der Waals surface area (Å²) in [6, 6.07) is 3.05. The normalized spacial score (nSPS) is 22.8. The number of ether oxygens (including phenoxy) is 1. The molecule has 0 spiro atoms. The third-order valence-corrected chi connectivity index (χ3v) is 6.25. The minimum atomic E-state index is -3.93. The number of amides is 1. The Morgan fingerprint density at radius 3 is 2.75 bits per heavy atom. The lowest BCUT2D eigenvalue weighted by Gasteiger charge is -2.24. The number of nitrogens with one attached hydrogen (secondary N) is 2. The lowest BCUT2D eigenvalue weighted by molar-refractivity contribution is 0.0921. The van der Waals surface area contributed by atoms with Crippen LogP contribution in [0.3, 0.4) is 0 Å². The first kappa shape index (κ1) is 21.0. The first-order chi connectivity index (χ1) is 13.2. The third kappa shape index (κ3) is 4.65. The van der Waals surface area contributed by atoms with E-state index in [1.807, 2.05) is 25.9 Å². The molecule has 0 aliphatic carbocycles. The molecule has 0 aromatic heterocycles. The minimum Gasteiger partial charge on any atom is -0.488 e. The van der Waals surface area contributed by atoms with Crippen molar-refractivity contribution < 1.29 is 17.9 Å². The van der Waals surface area contributed by atoms with Crippen LogP contribution in [0.5, 0.6) is 5.75 Å². The van der Waals surface area contributed by atoms with Gasteiger partial charge in [-0.25, -0.2) is 13.6 Å². The van der Waals surface area contributed by atoms with E-state index in [4.69, 9.17) is 9.88 Å². The van der Waals surface area contributed by atoms with Crippen LogP contribution in [0.1, 0.15) is 42.1 Å². The summed E-state index contributed by atoms with van der Waals surface area (Å²) < 4.78 is 29.9. The van der Waals surface area contributed by atoms with E-state index in [2.05, 4.69) is 10.6 Å². The summed E-state index contributed by atoms with van der Waals surface area (Å²) in [6.45, 7) is 3.65. The predicted octanol–water partition coefficient (Wildman–Crippen LogP) is 0.460. The van der Waals surface area contributed by atoms with Crippen molar-refractivity contribution in [1.82, 2.24) is 15.5 Å². The molecule has 2 heterocycles. The summed E-state index contributed by atoms with van der Waals surface area (Å²) in [6.07, 6.45) is 3.28. The molecule has 2 aliphatic rings. The van der Waals surface area contributed by atoms with Crippen molar-refractivity contribution >= 4 is 15.9 Å². The first-order valence-electron chi connectivity index (χ1n) is 9.74. The largest absolute Gasteiger partial charge is 0.488 e. The van der Waals surface area contributed by atoms with Crippen molar-refractivity contribution in [3.8, 4) is 5.75 Å². The zero-order valence-corrected chi connectivity index (χ0v) is 17.5. The summed E-state index contributed by atoms with van der Waals surface area (Å²) in [5.41, 5.74) is 0.940. The van der Waals surface area contributed by atoms with Crippen LogP contribution < -0.4 is 20.5 Å². The molecule has 3 atom stereocenters. The molecule has 0 bridgehead atoms. The zero-order valence-electron chi connectivity index (χ0n) is 16.7. The van der Waals surface area contributed by atoms with E-state index < -0.39 is 10.0 Å². The van der Waals surface area contributed by atoms with E-state index in [9.17, 15) is 13.2 Å². The van der Waals surface area contributed by atoms with E-state index in [-0.39, 0.29) is 34.6 Å². The van der Waals surface area contributed by atoms with Gasteiger partial charge in [0.2, 0.25) is 10.0 Å². The van der Waals surface area contributed by atoms with Crippen molar-refractivity contribution in [2.45, 2.75) is 55.7 Å². The lowest BCUT2D eigenvalue weighted by atomic mass is 10.0. The van der Waals surface area contributed by atoms with Gasteiger partial charge in [0.05, 0.1) is 10.5 Å². The Bertz CT molecular complexity index is 835. The number of fused-ring (bicyclic) bond motifs is 1. The number of likely N-dealkylation sites (N-methyl/N-ethyl adjacent to an activating group) is 1. The van der Waals surface area contributed by atoms with E-state index in [0.717, 1.165) is 25.8 Å². The van der Waals surface area contributed by atoms with Crippen LogP contribution >= 0.6 is 0 Å². The molecule has 1 saturated heterocycles. The van der Waals surface area contributed by atoms with Crippen LogP contribution in [0.2, 0.25) is 0 Å². The van der Waals surface area contributed by atoms with Gasteiger partial charge in [-0.3, -0.25) is 4.79 Å². The molecule has 1 amide bonds. The Morgan fingerprint density at radius 2 is 2.18 bits per heavy atom. The Morgan fingerprint density at radius 1 is 1.43 bits per heavy atom. The number of rotatable bonds is 7. The van der Waals surface area contributed by atoms with Gasteiger partial charge in [0, 0.05) is 30.6 Å². The van der Waals surface area contributed by atoms with Gasteiger partial charge in [0.1, 0.15) is 11.9 Å². The van der Waals surface area contributed by atoms with Crippen LogP contribution in [0.15, 0.2) is 17.0 Å². The summed E-state index contributed by atoms with van der Waals surface area (Å²) in [5.74, 6) is 0.138. The average molecular weight is 411 g/mol. The Balaban J connectivity index is 1.91. The van der Waals surface area contributed by atoms with E-state index >= 15 is 0 Å². The van der Waals surface area contributed by atoms with E-state index in [0.29, 0.717) is 24.3 Å². The standard InChI is InChI=1S/C19H30N4O4S/c1-4-16(17-6-5-7-21-17)22-19(24)15-10-14(28(20,25)26)9-12-8-13(11-23(2)3)27-18(12)15/h9-10,13,16-17,21H,4-8,11H2,1-3H3,(H,22,24)(H2,20,25,26). The van der Waals surface area contributed by atoms with Crippen molar-refractivity contribution in [2.24, 2.45) is 5.14 Å². The molecule has 2 aliphatic heterocycles. The van der Waals surface area contributed by atoms with Crippen LogP contribution in [0.25, 0.3) is 0 Å². The second-order valence-electron chi connectivity index (χ2n) is 7.90. The molecule has 3 rings (SSSR count). The molecule has 1 fully saturated rings. The second-order valence-corrected chi connectivity index (χ2v) is 9.46. The topological polar surface area (TPSA) is 114 Å². The summed E-state index contributed by atoms with van der Waals surface area (Å²) in [5, 5.41) is 11.8. The smallest absolute Gasteiger partial charge is 0.255 e. The van der Waals surface area contributed by atoms with Crippen LogP contribution in [-0.2, 0) is 16.4 Å². The molecule has 0 saturated carbocycles. The molecule has 8 nitrogen and oxygen atoms in total. The van der Waals surface area contributed by atoms with Crippen molar-refractivity contribution in [1.29, 1.82) is 0 Å². The lowest BCUT2D eigenvalue weighted by Crippen LogP contribution is -2.47. The van der Waals surface area contributed by atoms with Gasteiger partial charge >= 0.3 is 0 Å². The first-order valence-corrected chi connectivity index (χ1v) is 11.3. The maximum Gasteiger partial charge on any atom is 0.255 e. The number of benzene rings is 1. The highest BCUT2D eigenvalue weighted by Gasteiger charge is 2.32. The molecular weight excluding hydrogens is 380 g/mol.